The van der Waals surface area contributed by atoms with Crippen molar-refractivity contribution in [2.75, 3.05) is 0 Å². The number of aliphatic carboxylic acids is 1. The Morgan fingerprint density at radius 2 is 2.11 bits per heavy atom. The first kappa shape index (κ1) is 11.8. The van der Waals surface area contributed by atoms with Gasteiger partial charge in [-0.25, -0.2) is 0 Å². The summed E-state index contributed by atoms with van der Waals surface area (Å²) in [6.07, 6.45) is 5.16. The van der Waals surface area contributed by atoms with Crippen LogP contribution in [0.5, 0.6) is 0 Å². The molecular weight excluding hydrogens is 224 g/mol. The minimum absolute atomic E-state index is 0.327. The van der Waals surface area contributed by atoms with Crippen LogP contribution in [0.25, 0.3) is 0 Å². The molecule has 2 aliphatic rings. The Morgan fingerprint density at radius 1 is 1.33 bits per heavy atom. The van der Waals surface area contributed by atoms with Crippen LogP contribution in [0.1, 0.15) is 56.1 Å². The number of hydrogen-bond acceptors (Lipinski definition) is 1. The second-order valence-electron chi connectivity index (χ2n) is 5.94. The molecule has 0 radical (unpaired) electrons. The number of rotatable bonds is 1. The van der Waals surface area contributed by atoms with Crippen LogP contribution in [0.4, 0.5) is 0 Å². The summed E-state index contributed by atoms with van der Waals surface area (Å²) >= 11 is 0. The Bertz CT molecular complexity index is 480. The van der Waals surface area contributed by atoms with Gasteiger partial charge in [0.25, 0.3) is 0 Å². The van der Waals surface area contributed by atoms with Crippen molar-refractivity contribution in [2.24, 2.45) is 5.92 Å². The molecule has 1 fully saturated rings. The third kappa shape index (κ3) is 1.44. The van der Waals surface area contributed by atoms with E-state index in [4.69, 9.17) is 0 Å². The zero-order valence-electron chi connectivity index (χ0n) is 10.9. The number of benzene rings is 1. The second kappa shape index (κ2) is 4.11. The molecule has 2 heteroatoms. The van der Waals surface area contributed by atoms with Crippen LogP contribution >= 0.6 is 0 Å². The Kier molecular flexibility index (Phi) is 2.69. The van der Waals surface area contributed by atoms with Crippen LogP contribution in [-0.2, 0) is 10.2 Å². The Hall–Kier alpha value is -1.31. The van der Waals surface area contributed by atoms with E-state index < -0.39 is 11.4 Å². The SMILES string of the molecule is CC1CC2CCCCC2(C(=O)O)c2ccccc21. The van der Waals surface area contributed by atoms with Gasteiger partial charge in [0.05, 0.1) is 5.41 Å². The highest BCUT2D eigenvalue weighted by atomic mass is 16.4. The molecule has 3 unspecified atom stereocenters. The normalized spacial score (nSPS) is 34.5. The van der Waals surface area contributed by atoms with E-state index in [9.17, 15) is 9.90 Å². The summed E-state index contributed by atoms with van der Waals surface area (Å²) in [5, 5.41) is 9.86. The first-order valence-corrected chi connectivity index (χ1v) is 6.99. The molecule has 2 aliphatic carbocycles. The number of hydrogen-bond donors (Lipinski definition) is 1. The Balaban J connectivity index is 2.21. The molecule has 3 rings (SSSR count). The van der Waals surface area contributed by atoms with Gasteiger partial charge in [-0.05, 0) is 42.2 Å². The summed E-state index contributed by atoms with van der Waals surface area (Å²) in [4.78, 5) is 12.0. The molecule has 1 aromatic carbocycles. The second-order valence-corrected chi connectivity index (χ2v) is 5.94. The van der Waals surface area contributed by atoms with E-state index in [1.54, 1.807) is 0 Å². The topological polar surface area (TPSA) is 37.3 Å². The maximum atomic E-state index is 12.0. The molecule has 3 atom stereocenters. The summed E-state index contributed by atoms with van der Waals surface area (Å²) in [6.45, 7) is 2.24. The molecule has 0 spiro atoms. The largest absolute Gasteiger partial charge is 0.481 e. The van der Waals surface area contributed by atoms with Crippen LogP contribution in [0.15, 0.2) is 24.3 Å². The molecule has 0 heterocycles. The summed E-state index contributed by atoms with van der Waals surface area (Å²) < 4.78 is 0. The predicted octanol–water partition coefficient (Wildman–Crippen LogP) is 3.71. The van der Waals surface area contributed by atoms with Crippen LogP contribution in [0.2, 0.25) is 0 Å². The lowest BCUT2D eigenvalue weighted by Crippen LogP contribution is -2.48. The number of fused-ring (bicyclic) bond motifs is 3. The molecule has 96 valence electrons. The summed E-state index contributed by atoms with van der Waals surface area (Å²) in [6, 6.07) is 8.20. The predicted molar refractivity (Wildman–Crippen MR) is 70.7 cm³/mol. The lowest BCUT2D eigenvalue weighted by atomic mass is 9.55. The van der Waals surface area contributed by atoms with Crippen LogP contribution in [-0.4, -0.2) is 11.1 Å². The van der Waals surface area contributed by atoms with Gasteiger partial charge in [0.15, 0.2) is 0 Å². The number of carbonyl (C=O) groups is 1. The van der Waals surface area contributed by atoms with Gasteiger partial charge in [-0.2, -0.15) is 0 Å². The van der Waals surface area contributed by atoms with Gasteiger partial charge < -0.3 is 5.11 Å². The fourth-order valence-corrected chi connectivity index (χ4v) is 4.20. The van der Waals surface area contributed by atoms with Crippen LogP contribution in [0.3, 0.4) is 0 Å². The van der Waals surface area contributed by atoms with Crippen molar-refractivity contribution in [1.82, 2.24) is 0 Å². The van der Waals surface area contributed by atoms with Crippen molar-refractivity contribution < 1.29 is 9.90 Å². The average Bonchev–Trinajstić information content (AvgIpc) is 2.39. The van der Waals surface area contributed by atoms with Crippen molar-refractivity contribution in [3.8, 4) is 0 Å². The van der Waals surface area contributed by atoms with Gasteiger partial charge in [0, 0.05) is 0 Å². The van der Waals surface area contributed by atoms with Crippen molar-refractivity contribution in [3.63, 3.8) is 0 Å². The maximum absolute atomic E-state index is 12.0. The molecule has 0 amide bonds. The average molecular weight is 244 g/mol. The lowest BCUT2D eigenvalue weighted by molar-refractivity contribution is -0.148. The number of carboxylic acid groups (broad SMARTS) is 1. The van der Waals surface area contributed by atoms with E-state index in [0.717, 1.165) is 31.2 Å². The summed E-state index contributed by atoms with van der Waals surface area (Å²) in [5.74, 6) is 0.219. The van der Waals surface area contributed by atoms with Gasteiger partial charge in [0.1, 0.15) is 0 Å². The highest BCUT2D eigenvalue weighted by Gasteiger charge is 2.52. The van der Waals surface area contributed by atoms with Gasteiger partial charge in [0.2, 0.25) is 0 Å². The minimum Gasteiger partial charge on any atom is -0.481 e. The van der Waals surface area contributed by atoms with Gasteiger partial charge in [-0.3, -0.25) is 4.79 Å². The standard InChI is InChI=1S/C16H20O2/c1-11-10-12-6-4-5-9-16(12,15(17)18)14-8-3-2-7-13(11)14/h2-3,7-8,11-12H,4-6,9-10H2,1H3,(H,17,18). The quantitative estimate of drug-likeness (QED) is 0.817. The fourth-order valence-electron chi connectivity index (χ4n) is 4.20. The van der Waals surface area contributed by atoms with E-state index in [1.807, 2.05) is 12.1 Å². The van der Waals surface area contributed by atoms with Crippen molar-refractivity contribution in [3.05, 3.63) is 35.4 Å². The lowest BCUT2D eigenvalue weighted by Gasteiger charge is -2.47. The molecule has 1 N–H and O–H groups in total. The van der Waals surface area contributed by atoms with E-state index >= 15 is 0 Å². The molecule has 0 aliphatic heterocycles. The highest BCUT2D eigenvalue weighted by molar-refractivity contribution is 5.83. The van der Waals surface area contributed by atoms with Crippen LogP contribution in [0, 0.1) is 5.92 Å². The Labute approximate surface area is 108 Å². The maximum Gasteiger partial charge on any atom is 0.314 e. The molecule has 2 nitrogen and oxygen atoms in total. The molecule has 1 aromatic rings. The van der Waals surface area contributed by atoms with Crippen molar-refractivity contribution in [1.29, 1.82) is 0 Å². The van der Waals surface area contributed by atoms with E-state index in [1.165, 1.54) is 12.0 Å². The van der Waals surface area contributed by atoms with Crippen LogP contribution < -0.4 is 0 Å². The van der Waals surface area contributed by atoms with Gasteiger partial charge >= 0.3 is 5.97 Å². The first-order chi connectivity index (χ1) is 8.66. The third-order valence-electron chi connectivity index (χ3n) is 5.06. The Morgan fingerprint density at radius 3 is 2.89 bits per heavy atom. The molecule has 0 saturated heterocycles. The van der Waals surface area contributed by atoms with E-state index in [-0.39, 0.29) is 0 Å². The molecule has 18 heavy (non-hydrogen) atoms. The highest BCUT2D eigenvalue weighted by Crippen LogP contribution is 2.53. The first-order valence-electron chi connectivity index (χ1n) is 6.99. The molecular formula is C16H20O2. The summed E-state index contributed by atoms with van der Waals surface area (Å²) in [5.41, 5.74) is 1.76. The zero-order valence-corrected chi connectivity index (χ0v) is 10.9. The summed E-state index contributed by atoms with van der Waals surface area (Å²) in [7, 11) is 0. The fraction of sp³-hybridized carbons (Fsp3) is 0.562. The molecule has 0 aromatic heterocycles. The smallest absolute Gasteiger partial charge is 0.314 e. The van der Waals surface area contributed by atoms with Gasteiger partial charge in [-0.15, -0.1) is 0 Å². The zero-order chi connectivity index (χ0) is 12.8. The van der Waals surface area contributed by atoms with Gasteiger partial charge in [-0.1, -0.05) is 44.0 Å². The van der Waals surface area contributed by atoms with Crippen molar-refractivity contribution in [2.45, 2.75) is 50.4 Å². The number of carboxylic acids is 1. The van der Waals surface area contributed by atoms with Crippen molar-refractivity contribution >= 4 is 5.97 Å². The molecule has 1 saturated carbocycles. The minimum atomic E-state index is -0.605. The third-order valence-corrected chi connectivity index (χ3v) is 5.06. The van der Waals surface area contributed by atoms with E-state index in [2.05, 4.69) is 19.1 Å². The monoisotopic (exact) mass is 244 g/mol. The van der Waals surface area contributed by atoms with E-state index in [0.29, 0.717) is 11.8 Å². The molecule has 0 bridgehead atoms.